The van der Waals surface area contributed by atoms with Crippen LogP contribution in [0.4, 0.5) is 0 Å². The van der Waals surface area contributed by atoms with Crippen LogP contribution in [0.2, 0.25) is 0 Å². The van der Waals surface area contributed by atoms with Gasteiger partial charge in [-0.25, -0.2) is 0 Å². The Labute approximate surface area is 204 Å². The number of phenols is 1. The lowest BCUT2D eigenvalue weighted by atomic mass is 9.94. The van der Waals surface area contributed by atoms with Crippen LogP contribution in [0.5, 0.6) is 17.2 Å². The first-order valence-electron chi connectivity index (χ1n) is 11.8. The third kappa shape index (κ3) is 4.80. The van der Waals surface area contributed by atoms with Gasteiger partial charge in [-0.3, -0.25) is 9.59 Å². The van der Waals surface area contributed by atoms with E-state index in [9.17, 15) is 14.7 Å². The number of nitrogens with zero attached hydrogens (tertiary/aromatic N) is 2. The van der Waals surface area contributed by atoms with Crippen molar-refractivity contribution in [3.8, 4) is 17.2 Å². The van der Waals surface area contributed by atoms with E-state index in [0.29, 0.717) is 43.0 Å². The fourth-order valence-electron chi connectivity index (χ4n) is 5.00. The number of phenolic OH excluding ortho intramolecular Hbond substituents is 1. The summed E-state index contributed by atoms with van der Waals surface area (Å²) in [5, 5.41) is 10.4. The Morgan fingerprint density at radius 3 is 2.20 bits per heavy atom. The van der Waals surface area contributed by atoms with Gasteiger partial charge in [0.05, 0.1) is 12.1 Å². The van der Waals surface area contributed by atoms with Gasteiger partial charge in [-0.15, -0.1) is 0 Å². The molecule has 7 nitrogen and oxygen atoms in total. The number of hydrogen-bond donors (Lipinski definition) is 1. The molecule has 0 radical (unpaired) electrons. The molecule has 3 aromatic carbocycles. The maximum absolute atomic E-state index is 13.7. The second-order valence-electron chi connectivity index (χ2n) is 9.05. The summed E-state index contributed by atoms with van der Waals surface area (Å²) in [7, 11) is 0. The van der Waals surface area contributed by atoms with Crippen LogP contribution in [0.25, 0.3) is 0 Å². The van der Waals surface area contributed by atoms with Crippen LogP contribution in [0, 0.1) is 0 Å². The monoisotopic (exact) mass is 472 g/mol. The molecule has 5 rings (SSSR count). The molecule has 0 spiro atoms. The summed E-state index contributed by atoms with van der Waals surface area (Å²) in [4.78, 5) is 30.1. The van der Waals surface area contributed by atoms with Crippen LogP contribution in [-0.2, 0) is 17.6 Å². The van der Waals surface area contributed by atoms with E-state index in [-0.39, 0.29) is 36.4 Å². The summed E-state index contributed by atoms with van der Waals surface area (Å²) in [6, 6.07) is 22.3. The number of benzene rings is 3. The highest BCUT2D eigenvalue weighted by atomic mass is 16.7. The van der Waals surface area contributed by atoms with E-state index >= 15 is 0 Å². The summed E-state index contributed by atoms with van der Waals surface area (Å²) in [6.45, 7) is 2.47. The highest BCUT2D eigenvalue weighted by Crippen LogP contribution is 2.41. The molecule has 35 heavy (non-hydrogen) atoms. The summed E-state index contributed by atoms with van der Waals surface area (Å²) in [5.41, 5.74) is 2.54. The molecule has 2 aliphatic heterocycles. The topological polar surface area (TPSA) is 79.3 Å². The van der Waals surface area contributed by atoms with E-state index < -0.39 is 0 Å². The molecule has 2 heterocycles. The summed E-state index contributed by atoms with van der Waals surface area (Å²) < 4.78 is 10.8. The molecule has 1 fully saturated rings. The summed E-state index contributed by atoms with van der Waals surface area (Å²) in [6.07, 6.45) is 1.13. The molecular formula is C28H28N2O5. The van der Waals surface area contributed by atoms with Gasteiger partial charge in [0.2, 0.25) is 18.4 Å². The van der Waals surface area contributed by atoms with Crippen LogP contribution in [0.15, 0.2) is 72.8 Å². The van der Waals surface area contributed by atoms with E-state index in [0.717, 1.165) is 11.1 Å². The van der Waals surface area contributed by atoms with Crippen molar-refractivity contribution in [3.63, 3.8) is 0 Å². The number of carbonyl (C=O) groups excluding carboxylic acids is 2. The van der Waals surface area contributed by atoms with Gasteiger partial charge in [0, 0.05) is 25.6 Å². The third-order valence-electron chi connectivity index (χ3n) is 6.68. The quantitative estimate of drug-likeness (QED) is 0.613. The van der Waals surface area contributed by atoms with Gasteiger partial charge >= 0.3 is 0 Å². The van der Waals surface area contributed by atoms with Crippen molar-refractivity contribution in [3.05, 3.63) is 89.5 Å². The standard InChI is InChI=1S/C28H28N2O5/c1-19(31)29-16-24(13-21-14-25(32)27-26(15-21)34-18-35-27)30(28(33)22-10-6-3-7-11-22)17-23(29)12-20-8-4-2-5-9-20/h2-11,14-15,23-24,32H,12-13,16-18H2,1H3. The van der Waals surface area contributed by atoms with Crippen molar-refractivity contribution < 1.29 is 24.2 Å². The number of fused-ring (bicyclic) bond motifs is 1. The Bertz CT molecular complexity index is 1210. The third-order valence-corrected chi connectivity index (χ3v) is 6.68. The highest BCUT2D eigenvalue weighted by Gasteiger charge is 2.38. The molecule has 2 amide bonds. The minimum Gasteiger partial charge on any atom is -0.504 e. The maximum atomic E-state index is 13.7. The van der Waals surface area contributed by atoms with E-state index in [1.165, 1.54) is 0 Å². The van der Waals surface area contributed by atoms with Crippen LogP contribution < -0.4 is 9.47 Å². The Morgan fingerprint density at radius 2 is 1.49 bits per heavy atom. The lowest BCUT2D eigenvalue weighted by molar-refractivity contribution is -0.134. The first-order chi connectivity index (χ1) is 17.0. The molecule has 0 aromatic heterocycles. The van der Waals surface area contributed by atoms with Crippen molar-refractivity contribution in [2.45, 2.75) is 31.8 Å². The van der Waals surface area contributed by atoms with Gasteiger partial charge in [-0.2, -0.15) is 0 Å². The second-order valence-corrected chi connectivity index (χ2v) is 9.05. The van der Waals surface area contributed by atoms with Crippen molar-refractivity contribution >= 4 is 11.8 Å². The van der Waals surface area contributed by atoms with Gasteiger partial charge in [-0.1, -0.05) is 48.5 Å². The molecule has 180 valence electrons. The number of ether oxygens (including phenoxy) is 2. The first-order valence-corrected chi connectivity index (χ1v) is 11.8. The van der Waals surface area contributed by atoms with Crippen molar-refractivity contribution in [2.24, 2.45) is 0 Å². The van der Waals surface area contributed by atoms with E-state index in [1.807, 2.05) is 76.5 Å². The molecule has 7 heteroatoms. The smallest absolute Gasteiger partial charge is 0.254 e. The van der Waals surface area contributed by atoms with Crippen LogP contribution in [0.1, 0.15) is 28.4 Å². The van der Waals surface area contributed by atoms with Gasteiger partial charge in [0.25, 0.3) is 5.91 Å². The number of hydrogen-bond acceptors (Lipinski definition) is 5. The van der Waals surface area contributed by atoms with Crippen LogP contribution >= 0.6 is 0 Å². The molecule has 1 saturated heterocycles. The van der Waals surface area contributed by atoms with Gasteiger partial charge in [0.15, 0.2) is 11.5 Å². The molecule has 0 bridgehead atoms. The predicted molar refractivity (Wildman–Crippen MR) is 131 cm³/mol. The molecule has 0 saturated carbocycles. The van der Waals surface area contributed by atoms with Gasteiger partial charge in [0.1, 0.15) is 0 Å². The van der Waals surface area contributed by atoms with Crippen molar-refractivity contribution in [2.75, 3.05) is 19.9 Å². The molecular weight excluding hydrogens is 444 g/mol. The zero-order chi connectivity index (χ0) is 24.4. The molecule has 2 aliphatic rings. The lowest BCUT2D eigenvalue weighted by Crippen LogP contribution is -2.62. The Morgan fingerprint density at radius 1 is 0.857 bits per heavy atom. The fraction of sp³-hybridized carbons (Fsp3) is 0.286. The van der Waals surface area contributed by atoms with Gasteiger partial charge in [-0.05, 0) is 48.2 Å². The van der Waals surface area contributed by atoms with Crippen LogP contribution in [0.3, 0.4) is 0 Å². The predicted octanol–water partition coefficient (Wildman–Crippen LogP) is 3.65. The summed E-state index contributed by atoms with van der Waals surface area (Å²) >= 11 is 0. The van der Waals surface area contributed by atoms with Crippen LogP contribution in [-0.4, -0.2) is 58.7 Å². The van der Waals surface area contributed by atoms with Crippen molar-refractivity contribution in [1.82, 2.24) is 9.80 Å². The fourth-order valence-corrected chi connectivity index (χ4v) is 5.00. The van der Waals surface area contributed by atoms with E-state index in [1.54, 1.807) is 13.0 Å². The molecule has 1 N–H and O–H groups in total. The SMILES string of the molecule is CC(=O)N1CC(Cc2cc(O)c3c(c2)OCO3)N(C(=O)c2ccccc2)CC1Cc1ccccc1. The minimum absolute atomic E-state index is 0.0112. The molecule has 2 unspecified atom stereocenters. The average Bonchev–Trinajstić information content (AvgIpc) is 3.35. The normalized spacial score (nSPS) is 19.0. The second kappa shape index (κ2) is 9.70. The molecule has 0 aliphatic carbocycles. The average molecular weight is 473 g/mol. The number of amides is 2. The lowest BCUT2D eigenvalue weighted by Gasteiger charge is -2.46. The first kappa shape index (κ1) is 22.8. The van der Waals surface area contributed by atoms with Crippen molar-refractivity contribution in [1.29, 1.82) is 0 Å². The zero-order valence-electron chi connectivity index (χ0n) is 19.6. The largest absolute Gasteiger partial charge is 0.504 e. The summed E-state index contributed by atoms with van der Waals surface area (Å²) in [5.74, 6) is 0.750. The number of aromatic hydroxyl groups is 1. The number of rotatable bonds is 5. The minimum atomic E-state index is -0.265. The number of carbonyl (C=O) groups is 2. The Balaban J connectivity index is 1.46. The molecule has 2 atom stereocenters. The zero-order valence-corrected chi connectivity index (χ0v) is 19.6. The maximum Gasteiger partial charge on any atom is 0.254 e. The highest BCUT2D eigenvalue weighted by molar-refractivity contribution is 5.94. The van der Waals surface area contributed by atoms with E-state index in [2.05, 4.69) is 0 Å². The molecule has 3 aromatic rings. The Hall–Kier alpha value is -4.00. The van der Waals surface area contributed by atoms with Gasteiger partial charge < -0.3 is 24.4 Å². The Kier molecular flexibility index (Phi) is 6.31. The number of piperazine rings is 1. The van der Waals surface area contributed by atoms with E-state index in [4.69, 9.17) is 9.47 Å².